The lowest BCUT2D eigenvalue weighted by Gasteiger charge is -2.64. The van der Waals surface area contributed by atoms with Crippen LogP contribution in [0.2, 0.25) is 0 Å². The number of ketones is 1. The number of carbonyl (C=O) groups is 1. The van der Waals surface area contributed by atoms with Gasteiger partial charge < -0.3 is 10.2 Å². The van der Waals surface area contributed by atoms with Crippen LogP contribution in [0.3, 0.4) is 0 Å². The molecular weight excluding hydrogens is 568 g/mol. The van der Waals surface area contributed by atoms with Gasteiger partial charge in [0.25, 0.3) is 0 Å². The van der Waals surface area contributed by atoms with Crippen LogP contribution in [-0.2, 0) is 20.0 Å². The monoisotopic (exact) mass is 628 g/mol. The maximum atomic E-state index is 13.0. The van der Waals surface area contributed by atoms with E-state index in [4.69, 9.17) is 0 Å². The predicted molar refractivity (Wildman–Crippen MR) is 177 cm³/mol. The summed E-state index contributed by atoms with van der Waals surface area (Å²) in [4.78, 5) is 13.1. The zero-order chi connectivity index (χ0) is 32.2. The SMILES string of the molecule is CC[C@H]1[C@@H](O)[C@@H]2[C@H](CC[C@]3(C)[C@@H]([C@H](C)CCCC(=O)CS(=O)(=O)c4ccc(C(C)(C)C)cc4)CC[C@@H]23)[C@@]2(C)CC[C@@H](O)C[C@@H]12. The number of rotatable bonds is 9. The number of sulfone groups is 1. The van der Waals surface area contributed by atoms with E-state index in [1.165, 1.54) is 25.7 Å². The second kappa shape index (κ2) is 12.4. The molecule has 0 bridgehead atoms. The number of fused-ring (bicyclic) bond motifs is 5. The van der Waals surface area contributed by atoms with Crippen molar-refractivity contribution in [3.63, 3.8) is 0 Å². The summed E-state index contributed by atoms with van der Waals surface area (Å²) in [6.45, 7) is 15.8. The molecule has 0 heterocycles. The van der Waals surface area contributed by atoms with Crippen molar-refractivity contribution in [2.24, 2.45) is 52.3 Å². The molecule has 11 atom stereocenters. The second-order valence-corrected chi connectivity index (χ2v) is 19.1. The minimum absolute atomic E-state index is 0.0558. The summed E-state index contributed by atoms with van der Waals surface area (Å²) in [5, 5.41) is 22.5. The fourth-order valence-electron chi connectivity index (χ4n) is 11.3. The lowest BCUT2D eigenvalue weighted by molar-refractivity contribution is -0.203. The van der Waals surface area contributed by atoms with Crippen molar-refractivity contribution in [3.8, 4) is 0 Å². The van der Waals surface area contributed by atoms with Gasteiger partial charge >= 0.3 is 0 Å². The Morgan fingerprint density at radius 3 is 2.23 bits per heavy atom. The van der Waals surface area contributed by atoms with Crippen molar-refractivity contribution < 1.29 is 23.4 Å². The van der Waals surface area contributed by atoms with Crippen LogP contribution in [0, 0.1) is 52.3 Å². The predicted octanol–water partition coefficient (Wildman–Crippen LogP) is 7.76. The summed E-state index contributed by atoms with van der Waals surface area (Å²) in [5.41, 5.74) is 1.43. The Hall–Kier alpha value is -1.24. The zero-order valence-electron chi connectivity index (χ0n) is 28.5. The van der Waals surface area contributed by atoms with Crippen molar-refractivity contribution in [1.29, 1.82) is 0 Å². The van der Waals surface area contributed by atoms with Gasteiger partial charge in [-0.15, -0.1) is 0 Å². The van der Waals surface area contributed by atoms with E-state index in [0.717, 1.165) is 44.1 Å². The number of benzene rings is 1. The first kappa shape index (κ1) is 34.1. The number of hydrogen-bond acceptors (Lipinski definition) is 5. The summed E-state index contributed by atoms with van der Waals surface area (Å²) in [5.74, 6) is 2.52. The Labute approximate surface area is 267 Å². The van der Waals surface area contributed by atoms with E-state index in [-0.39, 0.29) is 45.0 Å². The first-order chi connectivity index (χ1) is 20.5. The van der Waals surface area contributed by atoms with Gasteiger partial charge in [-0.05, 0) is 127 Å². The van der Waals surface area contributed by atoms with Gasteiger partial charge in [0, 0.05) is 6.42 Å². The zero-order valence-corrected chi connectivity index (χ0v) is 29.3. The van der Waals surface area contributed by atoms with Gasteiger partial charge in [0.1, 0.15) is 11.5 Å². The van der Waals surface area contributed by atoms with Crippen molar-refractivity contribution >= 4 is 15.6 Å². The largest absolute Gasteiger partial charge is 0.393 e. The number of aliphatic hydroxyl groups is 2. The highest BCUT2D eigenvalue weighted by Gasteiger charge is 2.64. The van der Waals surface area contributed by atoms with Crippen LogP contribution < -0.4 is 0 Å². The molecule has 5 nitrogen and oxygen atoms in total. The third kappa shape index (κ3) is 6.10. The Kier molecular flexibility index (Phi) is 9.62. The smallest absolute Gasteiger partial charge is 0.185 e. The van der Waals surface area contributed by atoms with Gasteiger partial charge in [-0.2, -0.15) is 0 Å². The molecule has 248 valence electrons. The number of hydrogen-bond donors (Lipinski definition) is 2. The summed E-state index contributed by atoms with van der Waals surface area (Å²) in [6.07, 6.45) is 10.0. The van der Waals surface area contributed by atoms with E-state index < -0.39 is 15.6 Å². The molecule has 0 aromatic heterocycles. The molecule has 0 unspecified atom stereocenters. The van der Waals surface area contributed by atoms with Gasteiger partial charge in [-0.1, -0.05) is 73.4 Å². The van der Waals surface area contributed by atoms with Crippen LogP contribution >= 0.6 is 0 Å². The van der Waals surface area contributed by atoms with E-state index in [1.54, 1.807) is 12.1 Å². The summed E-state index contributed by atoms with van der Waals surface area (Å²) < 4.78 is 25.9. The molecule has 0 aliphatic heterocycles. The van der Waals surface area contributed by atoms with Crippen molar-refractivity contribution in [2.75, 3.05) is 5.75 Å². The molecule has 0 spiro atoms. The fourth-order valence-corrected chi connectivity index (χ4v) is 12.6. The average molecular weight is 629 g/mol. The Morgan fingerprint density at radius 1 is 0.955 bits per heavy atom. The Morgan fingerprint density at radius 2 is 1.59 bits per heavy atom. The van der Waals surface area contributed by atoms with Crippen LogP contribution in [0.15, 0.2) is 29.2 Å². The molecule has 4 aliphatic rings. The molecule has 6 heteroatoms. The summed E-state index contributed by atoms with van der Waals surface area (Å²) in [6, 6.07) is 6.99. The third-order valence-electron chi connectivity index (χ3n) is 13.7. The van der Waals surface area contributed by atoms with E-state index in [0.29, 0.717) is 41.9 Å². The minimum atomic E-state index is -3.64. The minimum Gasteiger partial charge on any atom is -0.393 e. The van der Waals surface area contributed by atoms with E-state index in [9.17, 15) is 23.4 Å². The normalized spacial score (nSPS) is 39.7. The Bertz CT molecular complexity index is 1280. The first-order valence-electron chi connectivity index (χ1n) is 17.7. The first-order valence-corrected chi connectivity index (χ1v) is 19.4. The lowest BCUT2D eigenvalue weighted by atomic mass is 9.41. The standard InChI is InChI=1S/C38H60O5S/c1-8-29-33-22-26(39)18-20-38(33,7)32-19-21-37(6)30(16-17-31(37)34(32)35(29)41)24(2)10-9-11-27(40)23-44(42,43)28-14-12-25(13-15-28)36(3,4)5/h12-15,24,26,29-35,39,41H,8-11,16-23H2,1-7H3/t24-,26-,29-,30-,31+,32+,33+,34+,35-,37-,38-/m1/s1. The molecule has 1 aromatic carbocycles. The quantitative estimate of drug-likeness (QED) is 0.292. The highest BCUT2D eigenvalue weighted by Crippen LogP contribution is 2.69. The van der Waals surface area contributed by atoms with Crippen molar-refractivity contribution in [2.45, 2.75) is 142 Å². The van der Waals surface area contributed by atoms with Crippen LogP contribution in [0.4, 0.5) is 0 Å². The molecule has 0 amide bonds. The van der Waals surface area contributed by atoms with E-state index >= 15 is 0 Å². The molecule has 4 saturated carbocycles. The van der Waals surface area contributed by atoms with Crippen LogP contribution in [-0.4, -0.2) is 42.4 Å². The van der Waals surface area contributed by atoms with E-state index in [1.807, 2.05) is 12.1 Å². The van der Waals surface area contributed by atoms with Gasteiger partial charge in [0.15, 0.2) is 9.84 Å². The molecule has 44 heavy (non-hydrogen) atoms. The van der Waals surface area contributed by atoms with Crippen molar-refractivity contribution in [3.05, 3.63) is 29.8 Å². The maximum Gasteiger partial charge on any atom is 0.185 e. The second-order valence-electron chi connectivity index (χ2n) is 17.1. The molecule has 1 aromatic rings. The summed E-state index contributed by atoms with van der Waals surface area (Å²) in [7, 11) is -3.64. The lowest BCUT2D eigenvalue weighted by Crippen LogP contribution is -2.62. The van der Waals surface area contributed by atoms with Crippen LogP contribution in [0.5, 0.6) is 0 Å². The van der Waals surface area contributed by atoms with E-state index in [2.05, 4.69) is 48.5 Å². The van der Waals surface area contributed by atoms with Gasteiger partial charge in [-0.3, -0.25) is 4.79 Å². The van der Waals surface area contributed by atoms with Crippen LogP contribution in [0.25, 0.3) is 0 Å². The van der Waals surface area contributed by atoms with Gasteiger partial charge in [0.05, 0.1) is 17.1 Å². The van der Waals surface area contributed by atoms with Crippen molar-refractivity contribution in [1.82, 2.24) is 0 Å². The Balaban J connectivity index is 1.19. The van der Waals surface area contributed by atoms with Gasteiger partial charge in [0.2, 0.25) is 0 Å². The average Bonchev–Trinajstić information content (AvgIpc) is 3.30. The van der Waals surface area contributed by atoms with Gasteiger partial charge in [-0.25, -0.2) is 8.42 Å². The highest BCUT2D eigenvalue weighted by molar-refractivity contribution is 7.92. The third-order valence-corrected chi connectivity index (χ3v) is 15.4. The molecule has 0 saturated heterocycles. The maximum absolute atomic E-state index is 13.0. The molecule has 0 radical (unpaired) electrons. The topological polar surface area (TPSA) is 91.7 Å². The number of aliphatic hydroxyl groups excluding tert-OH is 2. The number of Topliss-reactive ketones (excluding diaryl/α,β-unsaturated/α-hetero) is 1. The highest BCUT2D eigenvalue weighted by atomic mass is 32.2. The molecule has 4 aliphatic carbocycles. The molecule has 5 rings (SSSR count). The number of carbonyl (C=O) groups excluding carboxylic acids is 1. The summed E-state index contributed by atoms with van der Waals surface area (Å²) >= 11 is 0. The molecule has 2 N–H and O–H groups in total. The molecular formula is C38H60O5S. The fraction of sp³-hybridized carbons (Fsp3) is 0.816. The molecule has 4 fully saturated rings. The van der Waals surface area contributed by atoms with Crippen LogP contribution in [0.1, 0.15) is 125 Å².